The van der Waals surface area contributed by atoms with E-state index >= 15 is 0 Å². The zero-order valence-corrected chi connectivity index (χ0v) is 23.7. The molecule has 1 unspecified atom stereocenters. The van der Waals surface area contributed by atoms with E-state index in [1.54, 1.807) is 23.3 Å². The predicted octanol–water partition coefficient (Wildman–Crippen LogP) is 8.68. The van der Waals surface area contributed by atoms with Crippen molar-refractivity contribution in [3.8, 4) is 11.1 Å². The topological polar surface area (TPSA) is 0 Å². The third-order valence-corrected chi connectivity index (χ3v) is 5.74. The standard InChI is InChI=1S/C18H17.C9H13.C2H6Si.Zr/c1-2-7-14-8-3-5-10-16(14)18-13-12-15-9-4-6-11-17(15)18;1-6-5-7(2)9(4)8(6)3;1-3-2;/h3-6,8-13H,2,7H2,1H3;6H,1-4H3;1-2H3;/q2*-1;;+2. The molecule has 3 aromatic rings. The van der Waals surface area contributed by atoms with Gasteiger partial charge in [0, 0.05) is 0 Å². The first-order chi connectivity index (χ1) is 14.8. The van der Waals surface area contributed by atoms with Crippen LogP contribution in [0.1, 0.15) is 46.6 Å². The van der Waals surface area contributed by atoms with Crippen LogP contribution in [0, 0.1) is 12.0 Å². The van der Waals surface area contributed by atoms with E-state index in [2.05, 4.69) is 114 Å². The van der Waals surface area contributed by atoms with Crippen molar-refractivity contribution in [2.75, 3.05) is 0 Å². The number of rotatable bonds is 3. The van der Waals surface area contributed by atoms with Crippen LogP contribution >= 0.6 is 0 Å². The molecule has 0 spiro atoms. The van der Waals surface area contributed by atoms with Gasteiger partial charge >= 0.3 is 41.9 Å². The summed E-state index contributed by atoms with van der Waals surface area (Å²) in [6.07, 6.45) is 5.70. The van der Waals surface area contributed by atoms with Gasteiger partial charge < -0.3 is 0 Å². The quantitative estimate of drug-likeness (QED) is 0.248. The first-order valence-corrected chi connectivity index (χ1v) is 17.5. The van der Waals surface area contributed by atoms with Crippen LogP contribution in [-0.4, -0.2) is 5.43 Å². The summed E-state index contributed by atoms with van der Waals surface area (Å²) >= 11 is 1.74. The normalized spacial score (nSPS) is 15.1. The summed E-state index contributed by atoms with van der Waals surface area (Å²) in [6, 6.07) is 21.9. The molecule has 160 valence electrons. The van der Waals surface area contributed by atoms with Crippen LogP contribution in [-0.2, 0) is 29.8 Å². The Balaban J connectivity index is 0.000000220. The van der Waals surface area contributed by atoms with Crippen molar-refractivity contribution in [1.29, 1.82) is 0 Å². The molecule has 1 aliphatic carbocycles. The second-order valence-corrected chi connectivity index (χ2v) is 17.9. The second kappa shape index (κ2) is 12.6. The molecule has 0 bridgehead atoms. The van der Waals surface area contributed by atoms with Crippen molar-refractivity contribution < 1.29 is 23.3 Å². The van der Waals surface area contributed by atoms with Gasteiger partial charge in [-0.1, -0.05) is 81.5 Å². The van der Waals surface area contributed by atoms with Crippen LogP contribution in [0.15, 0.2) is 77.4 Å². The second-order valence-electron chi connectivity index (χ2n) is 8.54. The minimum atomic E-state index is 0.210. The molecule has 0 N–H and O–H groups in total. The van der Waals surface area contributed by atoms with Crippen LogP contribution in [0.4, 0.5) is 0 Å². The van der Waals surface area contributed by atoms with Gasteiger partial charge in [-0.3, -0.25) is 6.08 Å². The van der Waals surface area contributed by atoms with E-state index in [-0.39, 0.29) is 5.43 Å². The summed E-state index contributed by atoms with van der Waals surface area (Å²) in [7, 11) is 0. The van der Waals surface area contributed by atoms with Gasteiger partial charge in [-0.2, -0.15) is 11.1 Å². The molecule has 0 aromatic heterocycles. The van der Waals surface area contributed by atoms with Crippen LogP contribution < -0.4 is 0 Å². The summed E-state index contributed by atoms with van der Waals surface area (Å²) in [4.78, 5) is 0. The summed E-state index contributed by atoms with van der Waals surface area (Å²) < 4.78 is 0. The van der Waals surface area contributed by atoms with Gasteiger partial charge in [-0.15, -0.1) is 53.6 Å². The molecular weight excluding hydrogens is 468 g/mol. The fraction of sp³-hybridized carbons (Fsp3) is 0.345. The number of hydrogen-bond acceptors (Lipinski definition) is 0. The van der Waals surface area contributed by atoms with Crippen molar-refractivity contribution in [3.63, 3.8) is 0 Å². The summed E-state index contributed by atoms with van der Waals surface area (Å²) in [5.41, 5.74) is 8.67. The average molecular weight is 504 g/mol. The molecule has 1 atom stereocenters. The average Bonchev–Trinajstić information content (AvgIpc) is 3.26. The van der Waals surface area contributed by atoms with Gasteiger partial charge in [-0.05, 0) is 6.42 Å². The summed E-state index contributed by atoms with van der Waals surface area (Å²) in [6.45, 7) is 15.5. The van der Waals surface area contributed by atoms with Gasteiger partial charge in [0.1, 0.15) is 0 Å². The zero-order valence-electron chi connectivity index (χ0n) is 20.3. The molecule has 1 aliphatic rings. The van der Waals surface area contributed by atoms with E-state index in [9.17, 15) is 0 Å². The van der Waals surface area contributed by atoms with Crippen molar-refractivity contribution in [2.45, 2.75) is 60.6 Å². The van der Waals surface area contributed by atoms with Crippen molar-refractivity contribution in [1.82, 2.24) is 0 Å². The Morgan fingerprint density at radius 3 is 2.13 bits per heavy atom. The fourth-order valence-corrected chi connectivity index (χ4v) is 3.82. The van der Waals surface area contributed by atoms with Crippen LogP contribution in [0.3, 0.4) is 0 Å². The van der Waals surface area contributed by atoms with E-state index in [4.69, 9.17) is 0 Å². The minimum absolute atomic E-state index is 0.210. The molecule has 0 radical (unpaired) electrons. The Morgan fingerprint density at radius 1 is 0.968 bits per heavy atom. The third kappa shape index (κ3) is 7.33. The number of fused-ring (bicyclic) bond motifs is 1. The molecule has 0 amide bonds. The van der Waals surface area contributed by atoms with Gasteiger partial charge in [0.2, 0.25) is 0 Å². The molecule has 0 aliphatic heterocycles. The summed E-state index contributed by atoms with van der Waals surface area (Å²) in [5, 5.41) is 2.69. The van der Waals surface area contributed by atoms with E-state index in [1.807, 2.05) is 0 Å². The number of aryl methyl sites for hydroxylation is 1. The van der Waals surface area contributed by atoms with Crippen LogP contribution in [0.25, 0.3) is 21.9 Å². The molecule has 3 aromatic carbocycles. The first kappa shape index (κ1) is 25.9. The van der Waals surface area contributed by atoms with Gasteiger partial charge in [0.05, 0.1) is 0 Å². The molecule has 0 nitrogen and oxygen atoms in total. The van der Waals surface area contributed by atoms with E-state index < -0.39 is 0 Å². The molecule has 2 heteroatoms. The third-order valence-electron chi connectivity index (χ3n) is 5.74. The zero-order chi connectivity index (χ0) is 23.0. The number of hydrogen-bond donors (Lipinski definition) is 0. The molecule has 0 saturated carbocycles. The maximum absolute atomic E-state index is 3.36. The Bertz CT molecular complexity index is 1080. The van der Waals surface area contributed by atoms with Gasteiger partial charge in [0.25, 0.3) is 0 Å². The van der Waals surface area contributed by atoms with Crippen molar-refractivity contribution in [3.05, 3.63) is 89.0 Å². The molecular formula is C29H36SiZr. The number of benzene rings is 2. The van der Waals surface area contributed by atoms with Crippen molar-refractivity contribution in [2.24, 2.45) is 5.92 Å². The van der Waals surface area contributed by atoms with E-state index in [0.29, 0.717) is 5.92 Å². The first-order valence-electron chi connectivity index (χ1n) is 11.3. The summed E-state index contributed by atoms with van der Waals surface area (Å²) in [5.74, 6) is 0.560. The fourth-order valence-electron chi connectivity index (χ4n) is 3.82. The van der Waals surface area contributed by atoms with Crippen molar-refractivity contribution >= 4 is 16.2 Å². The number of allylic oxidation sites excluding steroid dienone is 4. The molecule has 0 saturated heterocycles. The molecule has 0 fully saturated rings. The van der Waals surface area contributed by atoms with Crippen LogP contribution in [0.2, 0.25) is 13.1 Å². The maximum atomic E-state index is 3.36. The SMILES string of the molecule is CC1=[C-]C(C)C(C)=C1C.CCCc1ccccc1-c1c[cH-]c2ccccc12.C[Si](C)=[Zr+2]. The Hall–Kier alpha value is -1.37. The Labute approximate surface area is 205 Å². The Kier molecular flexibility index (Phi) is 10.5. The molecule has 31 heavy (non-hydrogen) atoms. The van der Waals surface area contributed by atoms with E-state index in [0.717, 1.165) is 6.42 Å². The molecule has 4 rings (SSSR count). The molecule has 0 heterocycles. The van der Waals surface area contributed by atoms with Gasteiger partial charge in [-0.25, -0.2) is 5.57 Å². The van der Waals surface area contributed by atoms with E-state index in [1.165, 1.54) is 50.6 Å². The monoisotopic (exact) mass is 502 g/mol. The Morgan fingerprint density at radius 2 is 1.58 bits per heavy atom. The predicted molar refractivity (Wildman–Crippen MR) is 136 cm³/mol. The van der Waals surface area contributed by atoms with Crippen LogP contribution in [0.5, 0.6) is 0 Å². The van der Waals surface area contributed by atoms with Gasteiger partial charge in [0.15, 0.2) is 0 Å².